The number of nitrogens with zero attached hydrogens (tertiary/aromatic N) is 2. The molecule has 2 heterocycles. The van der Waals surface area contributed by atoms with Crippen LogP contribution in [0.1, 0.15) is 28.9 Å². The minimum absolute atomic E-state index is 0.0719. The number of carbonyl (C=O) groups excluding carboxylic acids is 1. The van der Waals surface area contributed by atoms with E-state index in [0.717, 1.165) is 24.5 Å². The summed E-state index contributed by atoms with van der Waals surface area (Å²) in [5.41, 5.74) is 0. The van der Waals surface area contributed by atoms with E-state index in [1.165, 1.54) is 19.0 Å². The summed E-state index contributed by atoms with van der Waals surface area (Å²) in [5.74, 6) is -0.0719. The molecule has 1 atom stereocenters. The average Bonchev–Trinajstić information content (AvgIpc) is 2.81. The highest BCUT2D eigenvalue weighted by atomic mass is 32.1. The molecule has 1 unspecified atom stereocenters. The van der Waals surface area contributed by atoms with E-state index in [0.29, 0.717) is 17.5 Å². The molecule has 0 radical (unpaired) electrons. The van der Waals surface area contributed by atoms with E-state index in [2.05, 4.69) is 20.2 Å². The summed E-state index contributed by atoms with van der Waals surface area (Å²) >= 11 is 1.12. The summed E-state index contributed by atoms with van der Waals surface area (Å²) < 4.78 is 3.65. The van der Waals surface area contributed by atoms with Crippen molar-refractivity contribution in [2.45, 2.75) is 25.3 Å². The normalized spacial score (nSPS) is 21.2. The maximum Gasteiger partial charge on any atom is 0.264 e. The number of piperidine rings is 1. The standard InChI is InChI=1S/C9H14N4OS/c14-9(8-6-12-13-15-8)11-5-7-3-1-2-4-10-7/h6-7,10H,1-5H2,(H,11,14). The molecule has 1 fully saturated rings. The molecular weight excluding hydrogens is 212 g/mol. The van der Waals surface area contributed by atoms with Crippen LogP contribution in [-0.4, -0.2) is 34.6 Å². The molecule has 1 aliphatic heterocycles. The molecule has 1 saturated heterocycles. The molecule has 1 amide bonds. The summed E-state index contributed by atoms with van der Waals surface area (Å²) in [6, 6.07) is 0.420. The Morgan fingerprint density at radius 3 is 3.27 bits per heavy atom. The molecule has 0 aromatic carbocycles. The van der Waals surface area contributed by atoms with Crippen LogP contribution < -0.4 is 10.6 Å². The van der Waals surface area contributed by atoms with Gasteiger partial charge in [0.2, 0.25) is 0 Å². The van der Waals surface area contributed by atoms with E-state index in [1.807, 2.05) is 0 Å². The van der Waals surface area contributed by atoms with Crippen molar-refractivity contribution in [1.29, 1.82) is 0 Å². The van der Waals surface area contributed by atoms with Gasteiger partial charge in [-0.2, -0.15) is 0 Å². The molecule has 2 rings (SSSR count). The van der Waals surface area contributed by atoms with E-state index in [4.69, 9.17) is 0 Å². The van der Waals surface area contributed by atoms with Crippen molar-refractivity contribution in [2.24, 2.45) is 0 Å². The maximum atomic E-state index is 11.5. The van der Waals surface area contributed by atoms with Crippen molar-refractivity contribution < 1.29 is 4.79 Å². The lowest BCUT2D eigenvalue weighted by atomic mass is 10.1. The van der Waals surface area contributed by atoms with Gasteiger partial charge in [-0.05, 0) is 30.9 Å². The Bertz CT molecular complexity index is 308. The lowest BCUT2D eigenvalue weighted by Crippen LogP contribution is -2.43. The third-order valence-electron chi connectivity index (χ3n) is 2.51. The second-order valence-electron chi connectivity index (χ2n) is 3.64. The second-order valence-corrected chi connectivity index (χ2v) is 4.42. The van der Waals surface area contributed by atoms with E-state index in [-0.39, 0.29) is 5.91 Å². The highest BCUT2D eigenvalue weighted by Gasteiger charge is 2.14. The topological polar surface area (TPSA) is 66.9 Å². The minimum Gasteiger partial charge on any atom is -0.350 e. The molecule has 0 aliphatic carbocycles. The van der Waals surface area contributed by atoms with E-state index >= 15 is 0 Å². The van der Waals surface area contributed by atoms with Crippen molar-refractivity contribution in [1.82, 2.24) is 20.2 Å². The second kappa shape index (κ2) is 5.18. The fourth-order valence-corrected chi connectivity index (χ4v) is 2.10. The molecule has 82 valence electrons. The first kappa shape index (κ1) is 10.5. The van der Waals surface area contributed by atoms with Crippen LogP contribution in [0.15, 0.2) is 6.20 Å². The van der Waals surface area contributed by atoms with Crippen molar-refractivity contribution in [3.8, 4) is 0 Å². The van der Waals surface area contributed by atoms with Crippen LogP contribution in [0.4, 0.5) is 0 Å². The molecule has 15 heavy (non-hydrogen) atoms. The zero-order valence-corrected chi connectivity index (χ0v) is 9.22. The minimum atomic E-state index is -0.0719. The van der Waals surface area contributed by atoms with Gasteiger partial charge in [0.05, 0.1) is 6.20 Å². The number of carbonyl (C=O) groups is 1. The van der Waals surface area contributed by atoms with Crippen molar-refractivity contribution in [3.63, 3.8) is 0 Å². The number of amides is 1. The third-order valence-corrected chi connectivity index (χ3v) is 3.17. The Balaban J connectivity index is 1.75. The molecule has 5 nitrogen and oxygen atoms in total. The molecule has 1 aromatic rings. The summed E-state index contributed by atoms with van der Waals surface area (Å²) in [5, 5.41) is 9.89. The fraction of sp³-hybridized carbons (Fsp3) is 0.667. The zero-order chi connectivity index (χ0) is 10.5. The zero-order valence-electron chi connectivity index (χ0n) is 8.40. The van der Waals surface area contributed by atoms with Gasteiger partial charge in [-0.1, -0.05) is 10.9 Å². The Morgan fingerprint density at radius 2 is 2.60 bits per heavy atom. The lowest BCUT2D eigenvalue weighted by Gasteiger charge is -2.23. The first-order valence-corrected chi connectivity index (χ1v) is 5.92. The average molecular weight is 226 g/mol. The monoisotopic (exact) mass is 226 g/mol. The number of hydrogen-bond acceptors (Lipinski definition) is 5. The number of nitrogens with one attached hydrogen (secondary N) is 2. The largest absolute Gasteiger partial charge is 0.350 e. The van der Waals surface area contributed by atoms with Crippen molar-refractivity contribution in [2.75, 3.05) is 13.1 Å². The number of aromatic nitrogens is 2. The van der Waals surface area contributed by atoms with Crippen LogP contribution in [-0.2, 0) is 0 Å². The molecule has 2 N–H and O–H groups in total. The maximum absolute atomic E-state index is 11.5. The van der Waals surface area contributed by atoms with Gasteiger partial charge < -0.3 is 10.6 Å². The summed E-state index contributed by atoms with van der Waals surface area (Å²) in [7, 11) is 0. The van der Waals surface area contributed by atoms with Crippen LogP contribution >= 0.6 is 11.5 Å². The summed E-state index contributed by atoms with van der Waals surface area (Å²) in [6.07, 6.45) is 5.12. The smallest absolute Gasteiger partial charge is 0.264 e. The Hall–Kier alpha value is -1.01. The lowest BCUT2D eigenvalue weighted by molar-refractivity contribution is 0.0951. The van der Waals surface area contributed by atoms with Gasteiger partial charge in [0.25, 0.3) is 5.91 Å². The van der Waals surface area contributed by atoms with Gasteiger partial charge >= 0.3 is 0 Å². The molecule has 1 aromatic heterocycles. The van der Waals surface area contributed by atoms with E-state index < -0.39 is 0 Å². The first-order chi connectivity index (χ1) is 7.36. The Morgan fingerprint density at radius 1 is 1.67 bits per heavy atom. The molecule has 6 heteroatoms. The van der Waals surface area contributed by atoms with Gasteiger partial charge in [-0.15, -0.1) is 5.10 Å². The Labute approximate surface area is 92.4 Å². The molecule has 0 saturated carbocycles. The van der Waals surface area contributed by atoms with E-state index in [1.54, 1.807) is 0 Å². The van der Waals surface area contributed by atoms with Gasteiger partial charge in [0, 0.05) is 12.6 Å². The summed E-state index contributed by atoms with van der Waals surface area (Å²) in [4.78, 5) is 12.1. The number of hydrogen-bond donors (Lipinski definition) is 2. The molecule has 1 aliphatic rings. The third kappa shape index (κ3) is 2.97. The molecule has 0 spiro atoms. The SMILES string of the molecule is O=C(NCC1CCCCN1)c1cnns1. The Kier molecular flexibility index (Phi) is 3.63. The van der Waals surface area contributed by atoms with Gasteiger partial charge in [0.15, 0.2) is 0 Å². The van der Waals surface area contributed by atoms with Gasteiger partial charge in [-0.3, -0.25) is 4.79 Å². The van der Waals surface area contributed by atoms with Gasteiger partial charge in [0.1, 0.15) is 4.88 Å². The fourth-order valence-electron chi connectivity index (χ4n) is 1.67. The van der Waals surface area contributed by atoms with Crippen LogP contribution in [0.3, 0.4) is 0 Å². The van der Waals surface area contributed by atoms with Crippen LogP contribution in [0.25, 0.3) is 0 Å². The van der Waals surface area contributed by atoms with Gasteiger partial charge in [-0.25, -0.2) is 0 Å². The first-order valence-electron chi connectivity index (χ1n) is 5.15. The highest BCUT2D eigenvalue weighted by Crippen LogP contribution is 2.06. The predicted octanol–water partition coefficient (Wildman–Crippen LogP) is 0.410. The predicted molar refractivity (Wildman–Crippen MR) is 57.9 cm³/mol. The quantitative estimate of drug-likeness (QED) is 0.783. The van der Waals surface area contributed by atoms with E-state index in [9.17, 15) is 4.79 Å². The van der Waals surface area contributed by atoms with Crippen LogP contribution in [0.5, 0.6) is 0 Å². The van der Waals surface area contributed by atoms with Crippen LogP contribution in [0.2, 0.25) is 0 Å². The van der Waals surface area contributed by atoms with Crippen molar-refractivity contribution >= 4 is 17.4 Å². The van der Waals surface area contributed by atoms with Crippen LogP contribution in [0, 0.1) is 0 Å². The summed E-state index contributed by atoms with van der Waals surface area (Å²) in [6.45, 7) is 1.75. The molecular formula is C9H14N4OS. The number of rotatable bonds is 3. The van der Waals surface area contributed by atoms with Crippen molar-refractivity contribution in [3.05, 3.63) is 11.1 Å². The highest BCUT2D eigenvalue weighted by molar-refractivity contribution is 7.07. The molecule has 0 bridgehead atoms.